The molecule has 0 bridgehead atoms. The Hall–Kier alpha value is -2.25. The van der Waals surface area contributed by atoms with Gasteiger partial charge in [0.15, 0.2) is 0 Å². The summed E-state index contributed by atoms with van der Waals surface area (Å²) >= 11 is 0. The lowest BCUT2D eigenvalue weighted by Gasteiger charge is -2.23. The molecule has 1 atom stereocenters. The highest BCUT2D eigenvalue weighted by Crippen LogP contribution is 2.23. The van der Waals surface area contributed by atoms with Crippen LogP contribution in [0.4, 0.5) is 8.78 Å². The van der Waals surface area contributed by atoms with Crippen molar-refractivity contribution in [1.29, 1.82) is 5.26 Å². The predicted octanol–water partition coefficient (Wildman–Crippen LogP) is 4.32. The molecule has 2 aromatic rings. The monoisotopic (exact) mass is 300 g/mol. The van der Waals surface area contributed by atoms with E-state index in [1.165, 1.54) is 24.3 Å². The molecule has 2 rings (SSSR count). The Morgan fingerprint density at radius 3 is 2.36 bits per heavy atom. The van der Waals surface area contributed by atoms with E-state index < -0.39 is 0 Å². The quantitative estimate of drug-likeness (QED) is 0.892. The Kier molecular flexibility index (Phi) is 5.24. The van der Waals surface area contributed by atoms with Crippen molar-refractivity contribution in [1.82, 2.24) is 5.32 Å². The number of nitrogens with zero attached hydrogens (tertiary/aromatic N) is 1. The number of rotatable bonds is 5. The minimum absolute atomic E-state index is 0.0225. The highest BCUT2D eigenvalue weighted by molar-refractivity contribution is 5.34. The first-order valence-electron chi connectivity index (χ1n) is 7.18. The van der Waals surface area contributed by atoms with Crippen LogP contribution < -0.4 is 5.32 Å². The summed E-state index contributed by atoms with van der Waals surface area (Å²) in [5.41, 5.74) is 1.83. The van der Waals surface area contributed by atoms with Crippen molar-refractivity contribution in [3.63, 3.8) is 0 Å². The van der Waals surface area contributed by atoms with E-state index in [0.717, 1.165) is 5.56 Å². The molecule has 1 unspecified atom stereocenters. The Morgan fingerprint density at radius 2 is 1.77 bits per heavy atom. The van der Waals surface area contributed by atoms with Gasteiger partial charge in [0.05, 0.1) is 11.6 Å². The molecule has 0 amide bonds. The summed E-state index contributed by atoms with van der Waals surface area (Å²) in [7, 11) is 0. The summed E-state index contributed by atoms with van der Waals surface area (Å²) in [5, 5.41) is 12.2. The normalized spacial score (nSPS) is 12.2. The second-order valence-electron chi connectivity index (χ2n) is 5.57. The summed E-state index contributed by atoms with van der Waals surface area (Å²) < 4.78 is 26.9. The highest BCUT2D eigenvalue weighted by atomic mass is 19.1. The van der Waals surface area contributed by atoms with Gasteiger partial charge in [-0.05, 0) is 41.8 Å². The lowest BCUT2D eigenvalue weighted by molar-refractivity contribution is 0.406. The molecule has 0 aliphatic heterocycles. The smallest absolute Gasteiger partial charge is 0.127 e. The van der Waals surface area contributed by atoms with Crippen LogP contribution in [0.1, 0.15) is 36.6 Å². The van der Waals surface area contributed by atoms with Crippen LogP contribution in [-0.2, 0) is 6.54 Å². The van der Waals surface area contributed by atoms with Crippen molar-refractivity contribution in [2.24, 2.45) is 5.92 Å². The Morgan fingerprint density at radius 1 is 1.09 bits per heavy atom. The number of nitriles is 1. The molecule has 0 aliphatic carbocycles. The maximum absolute atomic E-state index is 13.8. The first-order valence-corrected chi connectivity index (χ1v) is 7.18. The summed E-state index contributed by atoms with van der Waals surface area (Å²) in [6.45, 7) is 4.40. The maximum Gasteiger partial charge on any atom is 0.127 e. The first-order chi connectivity index (χ1) is 10.5. The van der Waals surface area contributed by atoms with Gasteiger partial charge >= 0.3 is 0 Å². The van der Waals surface area contributed by atoms with E-state index in [4.69, 9.17) is 5.26 Å². The highest BCUT2D eigenvalue weighted by Gasteiger charge is 2.16. The molecule has 0 saturated carbocycles. The summed E-state index contributed by atoms with van der Waals surface area (Å²) in [6.07, 6.45) is 0. The third-order valence-corrected chi connectivity index (χ3v) is 3.58. The van der Waals surface area contributed by atoms with Crippen LogP contribution in [0.3, 0.4) is 0 Å². The van der Waals surface area contributed by atoms with Gasteiger partial charge in [-0.15, -0.1) is 0 Å². The topological polar surface area (TPSA) is 35.8 Å². The van der Waals surface area contributed by atoms with Crippen LogP contribution in [0.2, 0.25) is 0 Å². The second-order valence-corrected chi connectivity index (χ2v) is 5.57. The molecular formula is C18H18F2N2. The van der Waals surface area contributed by atoms with Gasteiger partial charge in [0.2, 0.25) is 0 Å². The zero-order valence-electron chi connectivity index (χ0n) is 12.6. The zero-order chi connectivity index (χ0) is 16.1. The van der Waals surface area contributed by atoms with Crippen molar-refractivity contribution in [3.05, 3.63) is 70.8 Å². The average molecular weight is 300 g/mol. The molecule has 1 N–H and O–H groups in total. The Balaban J connectivity index is 2.16. The number of nitrogens with one attached hydrogen (secondary N) is 1. The van der Waals surface area contributed by atoms with Gasteiger partial charge in [-0.25, -0.2) is 8.78 Å². The molecule has 4 heteroatoms. The number of hydrogen-bond donors (Lipinski definition) is 1. The van der Waals surface area contributed by atoms with Crippen molar-refractivity contribution in [2.45, 2.75) is 26.4 Å². The molecule has 0 spiro atoms. The molecule has 0 saturated heterocycles. The molecule has 114 valence electrons. The van der Waals surface area contributed by atoms with Gasteiger partial charge in [-0.2, -0.15) is 5.26 Å². The molecule has 2 nitrogen and oxygen atoms in total. The summed E-state index contributed by atoms with van der Waals surface area (Å²) in [4.78, 5) is 0. The fourth-order valence-electron chi connectivity index (χ4n) is 2.41. The standard InChI is InChI=1S/C18H18F2N2/c1-12(2)18(14-4-6-16(19)7-5-14)22-11-15-9-13(10-21)3-8-17(15)20/h3-9,12,18,22H,11H2,1-2H3. The summed E-state index contributed by atoms with van der Waals surface area (Å²) in [6, 6.07) is 12.6. The van der Waals surface area contributed by atoms with Gasteiger partial charge in [-0.1, -0.05) is 26.0 Å². The maximum atomic E-state index is 13.8. The lowest BCUT2D eigenvalue weighted by atomic mass is 9.95. The van der Waals surface area contributed by atoms with Gasteiger partial charge < -0.3 is 5.32 Å². The van der Waals surface area contributed by atoms with Gasteiger partial charge in [0, 0.05) is 18.2 Å². The molecule has 0 aromatic heterocycles. The first kappa shape index (κ1) is 16.1. The minimum Gasteiger partial charge on any atom is -0.306 e. The van der Waals surface area contributed by atoms with E-state index in [9.17, 15) is 8.78 Å². The van der Waals surface area contributed by atoms with Crippen molar-refractivity contribution in [3.8, 4) is 6.07 Å². The van der Waals surface area contributed by atoms with E-state index in [2.05, 4.69) is 5.32 Å². The van der Waals surface area contributed by atoms with Crippen LogP contribution in [0.15, 0.2) is 42.5 Å². The van der Waals surface area contributed by atoms with E-state index in [-0.39, 0.29) is 23.6 Å². The largest absolute Gasteiger partial charge is 0.306 e. The van der Waals surface area contributed by atoms with Gasteiger partial charge in [0.1, 0.15) is 11.6 Å². The minimum atomic E-state index is -0.340. The Bertz CT molecular complexity index is 672. The fraction of sp³-hybridized carbons (Fsp3) is 0.278. The molecule has 0 aliphatic rings. The number of hydrogen-bond acceptors (Lipinski definition) is 2. The molecule has 2 aromatic carbocycles. The van der Waals surface area contributed by atoms with Gasteiger partial charge in [0.25, 0.3) is 0 Å². The molecule has 0 fully saturated rings. The van der Waals surface area contributed by atoms with E-state index in [1.54, 1.807) is 18.2 Å². The summed E-state index contributed by atoms with van der Waals surface area (Å²) in [5.74, 6) is -0.361. The molecular weight excluding hydrogens is 282 g/mol. The van der Waals surface area contributed by atoms with Crippen molar-refractivity contribution >= 4 is 0 Å². The molecule has 0 heterocycles. The van der Waals surface area contributed by atoms with Crippen LogP contribution in [-0.4, -0.2) is 0 Å². The van der Waals surface area contributed by atoms with E-state index in [1.807, 2.05) is 19.9 Å². The third kappa shape index (κ3) is 3.90. The average Bonchev–Trinajstić information content (AvgIpc) is 2.50. The van der Waals surface area contributed by atoms with Crippen LogP contribution in [0.25, 0.3) is 0 Å². The van der Waals surface area contributed by atoms with Crippen LogP contribution in [0, 0.1) is 28.9 Å². The fourth-order valence-corrected chi connectivity index (χ4v) is 2.41. The molecule has 22 heavy (non-hydrogen) atoms. The number of halogens is 2. The third-order valence-electron chi connectivity index (χ3n) is 3.58. The SMILES string of the molecule is CC(C)C(NCc1cc(C#N)ccc1F)c1ccc(F)cc1. The van der Waals surface area contributed by atoms with E-state index >= 15 is 0 Å². The van der Waals surface area contributed by atoms with Gasteiger partial charge in [-0.3, -0.25) is 0 Å². The predicted molar refractivity (Wildman–Crippen MR) is 81.9 cm³/mol. The van der Waals surface area contributed by atoms with Crippen molar-refractivity contribution in [2.75, 3.05) is 0 Å². The van der Waals surface area contributed by atoms with E-state index in [0.29, 0.717) is 17.7 Å². The number of benzene rings is 2. The second kappa shape index (κ2) is 7.15. The zero-order valence-corrected chi connectivity index (χ0v) is 12.6. The Labute approximate surface area is 129 Å². The van der Waals surface area contributed by atoms with Crippen LogP contribution >= 0.6 is 0 Å². The molecule has 0 radical (unpaired) electrons. The van der Waals surface area contributed by atoms with Crippen molar-refractivity contribution < 1.29 is 8.78 Å². The van der Waals surface area contributed by atoms with Crippen LogP contribution in [0.5, 0.6) is 0 Å². The lowest BCUT2D eigenvalue weighted by Crippen LogP contribution is -2.25.